The summed E-state index contributed by atoms with van der Waals surface area (Å²) >= 11 is 6.17. The van der Waals surface area contributed by atoms with E-state index < -0.39 is 0 Å². The van der Waals surface area contributed by atoms with Crippen molar-refractivity contribution in [3.63, 3.8) is 0 Å². The average molecular weight is 360 g/mol. The minimum atomic E-state index is -0.173. The van der Waals surface area contributed by atoms with Gasteiger partial charge in [0.1, 0.15) is 0 Å². The number of piperidine rings is 1. The molecule has 1 aromatic carbocycles. The van der Waals surface area contributed by atoms with Crippen molar-refractivity contribution in [3.8, 4) is 0 Å². The second-order valence-electron chi connectivity index (χ2n) is 5.65. The maximum absolute atomic E-state index is 12.6. The third kappa shape index (κ3) is 5.09. The third-order valence-corrected chi connectivity index (χ3v) is 4.19. The molecule has 0 radical (unpaired) electrons. The first-order chi connectivity index (χ1) is 10.5. The van der Waals surface area contributed by atoms with E-state index >= 15 is 0 Å². The number of halogens is 2. The molecule has 1 heterocycles. The largest absolute Gasteiger partial charge is 0.355 e. The molecule has 2 rings (SSSR count). The van der Waals surface area contributed by atoms with Gasteiger partial charge in [0, 0.05) is 26.2 Å². The van der Waals surface area contributed by atoms with Gasteiger partial charge in [-0.15, -0.1) is 12.4 Å². The number of nitrogens with two attached hydrogens (primary N) is 1. The Balaban J connectivity index is 0.00000264. The Morgan fingerprint density at radius 2 is 2.17 bits per heavy atom. The van der Waals surface area contributed by atoms with Crippen molar-refractivity contribution in [1.29, 1.82) is 0 Å². The molecule has 128 valence electrons. The standard InChI is InChI=1S/C16H22ClN3O2.ClH/c1-11-4-5-13(14(17)9-11)16(22)20-8-2-3-12(10-20)15(21)19-7-6-18;/h4-5,9,12H,2-3,6-8,10,18H2,1H3,(H,19,21);1H. The van der Waals surface area contributed by atoms with Crippen LogP contribution in [0.2, 0.25) is 5.02 Å². The molecule has 1 aliphatic rings. The number of nitrogens with zero attached hydrogens (tertiary/aromatic N) is 1. The fourth-order valence-electron chi connectivity index (χ4n) is 2.68. The van der Waals surface area contributed by atoms with E-state index in [2.05, 4.69) is 5.32 Å². The summed E-state index contributed by atoms with van der Waals surface area (Å²) in [4.78, 5) is 26.4. The molecule has 1 fully saturated rings. The van der Waals surface area contributed by atoms with Gasteiger partial charge < -0.3 is 16.0 Å². The Bertz CT molecular complexity index is 566. The van der Waals surface area contributed by atoms with Crippen LogP contribution in [0.3, 0.4) is 0 Å². The topological polar surface area (TPSA) is 75.4 Å². The Hall–Kier alpha value is -1.30. The molecule has 1 aliphatic heterocycles. The number of carbonyl (C=O) groups excluding carboxylic acids is 2. The van der Waals surface area contributed by atoms with Gasteiger partial charge in [-0.25, -0.2) is 0 Å². The molecule has 0 spiro atoms. The van der Waals surface area contributed by atoms with E-state index in [4.69, 9.17) is 17.3 Å². The molecule has 0 bridgehead atoms. The summed E-state index contributed by atoms with van der Waals surface area (Å²) < 4.78 is 0. The normalized spacial score (nSPS) is 17.3. The van der Waals surface area contributed by atoms with E-state index in [9.17, 15) is 9.59 Å². The lowest BCUT2D eigenvalue weighted by Gasteiger charge is -2.32. The minimum Gasteiger partial charge on any atom is -0.355 e. The first-order valence-electron chi connectivity index (χ1n) is 7.56. The van der Waals surface area contributed by atoms with E-state index in [1.54, 1.807) is 17.0 Å². The highest BCUT2D eigenvalue weighted by Crippen LogP contribution is 2.23. The van der Waals surface area contributed by atoms with Crippen molar-refractivity contribution in [1.82, 2.24) is 10.2 Å². The van der Waals surface area contributed by atoms with Gasteiger partial charge in [0.15, 0.2) is 0 Å². The van der Waals surface area contributed by atoms with Crippen molar-refractivity contribution in [3.05, 3.63) is 34.3 Å². The summed E-state index contributed by atoms with van der Waals surface area (Å²) in [7, 11) is 0. The van der Waals surface area contributed by atoms with E-state index in [1.807, 2.05) is 13.0 Å². The fourth-order valence-corrected chi connectivity index (χ4v) is 3.00. The first-order valence-corrected chi connectivity index (χ1v) is 7.94. The zero-order valence-corrected chi connectivity index (χ0v) is 14.8. The van der Waals surface area contributed by atoms with Crippen LogP contribution in [0, 0.1) is 12.8 Å². The number of amides is 2. The molecule has 3 N–H and O–H groups in total. The highest BCUT2D eigenvalue weighted by atomic mass is 35.5. The maximum atomic E-state index is 12.6. The molecule has 1 atom stereocenters. The number of carbonyl (C=O) groups is 2. The molecule has 1 aromatic rings. The number of likely N-dealkylation sites (tertiary alicyclic amines) is 1. The lowest BCUT2D eigenvalue weighted by atomic mass is 9.96. The summed E-state index contributed by atoms with van der Waals surface area (Å²) in [6, 6.07) is 5.40. The summed E-state index contributed by atoms with van der Waals surface area (Å²) in [5.74, 6) is -0.312. The van der Waals surface area contributed by atoms with Crippen LogP contribution < -0.4 is 11.1 Å². The Labute approximate surface area is 148 Å². The number of benzene rings is 1. The monoisotopic (exact) mass is 359 g/mol. The number of aryl methyl sites for hydroxylation is 1. The molecule has 0 saturated carbocycles. The Morgan fingerprint density at radius 1 is 1.43 bits per heavy atom. The predicted molar refractivity (Wildman–Crippen MR) is 94.1 cm³/mol. The fraction of sp³-hybridized carbons (Fsp3) is 0.500. The maximum Gasteiger partial charge on any atom is 0.255 e. The zero-order chi connectivity index (χ0) is 16.1. The Morgan fingerprint density at radius 3 is 2.83 bits per heavy atom. The molecular formula is C16H23Cl2N3O2. The van der Waals surface area contributed by atoms with Gasteiger partial charge in [0.25, 0.3) is 5.91 Å². The second-order valence-corrected chi connectivity index (χ2v) is 6.06. The van der Waals surface area contributed by atoms with Gasteiger partial charge in [-0.3, -0.25) is 9.59 Å². The first kappa shape index (κ1) is 19.7. The van der Waals surface area contributed by atoms with Crippen molar-refractivity contribution in [2.24, 2.45) is 11.7 Å². The lowest BCUT2D eigenvalue weighted by Crippen LogP contribution is -2.46. The molecule has 23 heavy (non-hydrogen) atoms. The van der Waals surface area contributed by atoms with Gasteiger partial charge >= 0.3 is 0 Å². The predicted octanol–water partition coefficient (Wildman–Crippen LogP) is 2.00. The van der Waals surface area contributed by atoms with E-state index in [-0.39, 0.29) is 30.1 Å². The summed E-state index contributed by atoms with van der Waals surface area (Å²) in [6.07, 6.45) is 1.61. The van der Waals surface area contributed by atoms with Crippen LogP contribution >= 0.6 is 24.0 Å². The molecule has 0 aliphatic carbocycles. The molecule has 0 aromatic heterocycles. The van der Waals surface area contributed by atoms with E-state index in [1.165, 1.54) is 0 Å². The molecule has 1 unspecified atom stereocenters. The highest BCUT2D eigenvalue weighted by molar-refractivity contribution is 6.33. The molecule has 2 amide bonds. The SMILES string of the molecule is Cc1ccc(C(=O)N2CCCC(C(=O)NCCN)C2)c(Cl)c1.Cl. The average Bonchev–Trinajstić information content (AvgIpc) is 2.52. The summed E-state index contributed by atoms with van der Waals surface area (Å²) in [5, 5.41) is 3.25. The van der Waals surface area contributed by atoms with Crippen molar-refractivity contribution >= 4 is 35.8 Å². The number of hydrogen-bond donors (Lipinski definition) is 2. The van der Waals surface area contributed by atoms with Crippen molar-refractivity contribution in [2.45, 2.75) is 19.8 Å². The van der Waals surface area contributed by atoms with E-state index in [0.717, 1.165) is 18.4 Å². The lowest BCUT2D eigenvalue weighted by molar-refractivity contribution is -0.126. The molecule has 7 heteroatoms. The molecular weight excluding hydrogens is 337 g/mol. The van der Waals surface area contributed by atoms with Gasteiger partial charge in [-0.05, 0) is 37.5 Å². The van der Waals surface area contributed by atoms with E-state index in [0.29, 0.717) is 36.8 Å². The number of nitrogens with one attached hydrogen (secondary N) is 1. The third-order valence-electron chi connectivity index (χ3n) is 3.88. The van der Waals surface area contributed by atoms with Crippen molar-refractivity contribution < 1.29 is 9.59 Å². The van der Waals surface area contributed by atoms with Crippen LogP contribution in [-0.2, 0) is 4.79 Å². The molecule has 1 saturated heterocycles. The van der Waals surface area contributed by atoms with Crippen LogP contribution in [0.5, 0.6) is 0 Å². The van der Waals surface area contributed by atoms with Crippen LogP contribution in [0.25, 0.3) is 0 Å². The summed E-state index contributed by atoms with van der Waals surface area (Å²) in [5.41, 5.74) is 6.90. The minimum absolute atomic E-state index is 0. The molecule has 5 nitrogen and oxygen atoms in total. The zero-order valence-electron chi connectivity index (χ0n) is 13.2. The smallest absolute Gasteiger partial charge is 0.255 e. The van der Waals surface area contributed by atoms with Crippen LogP contribution in [0.4, 0.5) is 0 Å². The second kappa shape index (κ2) is 9.11. The highest BCUT2D eigenvalue weighted by Gasteiger charge is 2.29. The van der Waals surface area contributed by atoms with Gasteiger partial charge in [-0.1, -0.05) is 17.7 Å². The summed E-state index contributed by atoms with van der Waals surface area (Å²) in [6.45, 7) is 3.90. The van der Waals surface area contributed by atoms with Gasteiger partial charge in [0.05, 0.1) is 16.5 Å². The number of rotatable bonds is 4. The van der Waals surface area contributed by atoms with Crippen LogP contribution in [0.1, 0.15) is 28.8 Å². The van der Waals surface area contributed by atoms with Crippen molar-refractivity contribution in [2.75, 3.05) is 26.2 Å². The Kier molecular flexibility index (Phi) is 7.82. The van der Waals surface area contributed by atoms with Crippen LogP contribution in [0.15, 0.2) is 18.2 Å². The van der Waals surface area contributed by atoms with Gasteiger partial charge in [0.2, 0.25) is 5.91 Å². The van der Waals surface area contributed by atoms with Gasteiger partial charge in [-0.2, -0.15) is 0 Å². The van der Waals surface area contributed by atoms with Crippen LogP contribution in [-0.4, -0.2) is 42.9 Å². The number of hydrogen-bond acceptors (Lipinski definition) is 3. The quantitative estimate of drug-likeness (QED) is 0.862.